The molecule has 0 aromatic heterocycles. The summed E-state index contributed by atoms with van der Waals surface area (Å²) >= 11 is 0. The summed E-state index contributed by atoms with van der Waals surface area (Å²) in [6, 6.07) is 0. The quantitative estimate of drug-likeness (QED) is 0.706. The van der Waals surface area contributed by atoms with Gasteiger partial charge in [0.2, 0.25) is 0 Å². The number of amides is 1. The van der Waals surface area contributed by atoms with E-state index >= 15 is 0 Å². The van der Waals surface area contributed by atoms with E-state index in [1.54, 1.807) is 0 Å². The number of hydrogen-bond acceptors (Lipinski definition) is 3. The fourth-order valence-electron chi connectivity index (χ4n) is 2.08. The second kappa shape index (κ2) is 4.63. The molecule has 1 atom stereocenters. The van der Waals surface area contributed by atoms with Crippen LogP contribution >= 0.6 is 0 Å². The van der Waals surface area contributed by atoms with Gasteiger partial charge in [0.1, 0.15) is 6.10 Å². The number of morpholine rings is 1. The van der Waals surface area contributed by atoms with Gasteiger partial charge in [-0.2, -0.15) is 0 Å². The third kappa shape index (κ3) is 2.68. The van der Waals surface area contributed by atoms with Crippen molar-refractivity contribution < 1.29 is 18.3 Å². The summed E-state index contributed by atoms with van der Waals surface area (Å²) in [5, 5.41) is 3.02. The fraction of sp³-hybridized carbons (Fsp3) is 0.900. The van der Waals surface area contributed by atoms with Gasteiger partial charge in [-0.15, -0.1) is 0 Å². The number of ether oxygens (including phenoxy) is 1. The first kappa shape index (κ1) is 11.7. The van der Waals surface area contributed by atoms with E-state index in [2.05, 4.69) is 5.32 Å². The maximum Gasteiger partial charge on any atom is 0.265 e. The Bertz CT molecular complexity index is 268. The minimum atomic E-state index is -2.74. The molecule has 0 radical (unpaired) electrons. The molecule has 2 rings (SSSR count). The van der Waals surface area contributed by atoms with E-state index in [4.69, 9.17) is 4.74 Å². The zero-order valence-electron chi connectivity index (χ0n) is 9.05. The molecule has 0 bridgehead atoms. The van der Waals surface area contributed by atoms with Crippen LogP contribution in [0.2, 0.25) is 0 Å². The van der Waals surface area contributed by atoms with Gasteiger partial charge in [-0.1, -0.05) is 0 Å². The van der Waals surface area contributed by atoms with E-state index in [0.717, 1.165) is 0 Å². The number of rotatable bonds is 1. The zero-order valence-corrected chi connectivity index (χ0v) is 9.05. The topological polar surface area (TPSA) is 41.6 Å². The van der Waals surface area contributed by atoms with Gasteiger partial charge in [0.15, 0.2) is 0 Å². The van der Waals surface area contributed by atoms with E-state index in [1.807, 2.05) is 0 Å². The average Bonchev–Trinajstić information content (AvgIpc) is 2.28. The highest BCUT2D eigenvalue weighted by Crippen LogP contribution is 2.27. The normalized spacial score (nSPS) is 30.1. The SMILES string of the molecule is O=C(C1CNCCO1)N1CCCC(F)(F)C1. The molecule has 2 aliphatic heterocycles. The number of carbonyl (C=O) groups is 1. The molecule has 92 valence electrons. The standard InChI is InChI=1S/C10H16F2N2O2/c11-10(12)2-1-4-14(7-10)9(15)8-6-13-3-5-16-8/h8,13H,1-7H2. The molecular formula is C10H16F2N2O2. The van der Waals surface area contributed by atoms with Crippen LogP contribution in [0.15, 0.2) is 0 Å². The molecule has 0 saturated carbocycles. The molecule has 0 aliphatic carbocycles. The Kier molecular flexibility index (Phi) is 3.39. The Morgan fingerprint density at radius 1 is 1.50 bits per heavy atom. The van der Waals surface area contributed by atoms with Crippen molar-refractivity contribution in [3.63, 3.8) is 0 Å². The number of nitrogens with zero attached hydrogens (tertiary/aromatic N) is 1. The number of piperidine rings is 1. The third-order valence-electron chi connectivity index (χ3n) is 2.91. The average molecular weight is 234 g/mol. The van der Waals surface area contributed by atoms with Gasteiger partial charge in [0.25, 0.3) is 11.8 Å². The second-order valence-corrected chi connectivity index (χ2v) is 4.28. The highest BCUT2D eigenvalue weighted by atomic mass is 19.3. The molecule has 0 aromatic rings. The number of likely N-dealkylation sites (tertiary alicyclic amines) is 1. The summed E-state index contributed by atoms with van der Waals surface area (Å²) in [5.74, 6) is -3.05. The van der Waals surface area contributed by atoms with E-state index in [1.165, 1.54) is 4.90 Å². The molecule has 16 heavy (non-hydrogen) atoms. The lowest BCUT2D eigenvalue weighted by atomic mass is 10.1. The van der Waals surface area contributed by atoms with Gasteiger partial charge in [0, 0.05) is 26.1 Å². The Labute approximate surface area is 92.9 Å². The third-order valence-corrected chi connectivity index (χ3v) is 2.91. The zero-order chi connectivity index (χ0) is 11.6. The molecule has 2 aliphatic rings. The van der Waals surface area contributed by atoms with Gasteiger partial charge in [-0.25, -0.2) is 8.78 Å². The van der Waals surface area contributed by atoms with E-state index < -0.39 is 18.6 Å². The fourth-order valence-corrected chi connectivity index (χ4v) is 2.08. The molecule has 6 heteroatoms. The molecule has 2 fully saturated rings. The lowest BCUT2D eigenvalue weighted by Crippen LogP contribution is -2.53. The Morgan fingerprint density at radius 2 is 2.31 bits per heavy atom. The summed E-state index contributed by atoms with van der Waals surface area (Å²) in [6.45, 7) is 1.53. The van der Waals surface area contributed by atoms with Gasteiger partial charge >= 0.3 is 0 Å². The highest BCUT2D eigenvalue weighted by Gasteiger charge is 2.39. The van der Waals surface area contributed by atoms with Gasteiger partial charge in [-0.3, -0.25) is 4.79 Å². The minimum absolute atomic E-state index is 0.124. The molecule has 1 amide bonds. The van der Waals surface area contributed by atoms with Crippen LogP contribution in [0.25, 0.3) is 0 Å². The van der Waals surface area contributed by atoms with Crippen LogP contribution in [0.3, 0.4) is 0 Å². The van der Waals surface area contributed by atoms with Crippen molar-refractivity contribution in [1.29, 1.82) is 0 Å². The highest BCUT2D eigenvalue weighted by molar-refractivity contribution is 5.81. The summed E-state index contributed by atoms with van der Waals surface area (Å²) in [5.41, 5.74) is 0. The van der Waals surface area contributed by atoms with Gasteiger partial charge in [0.05, 0.1) is 13.2 Å². The predicted octanol–water partition coefficient (Wildman–Crippen LogP) is 0.232. The Balaban J connectivity index is 1.93. The largest absolute Gasteiger partial charge is 0.366 e. The van der Waals surface area contributed by atoms with Gasteiger partial charge in [-0.05, 0) is 6.42 Å². The smallest absolute Gasteiger partial charge is 0.265 e. The van der Waals surface area contributed by atoms with Crippen LogP contribution in [0.4, 0.5) is 8.78 Å². The molecule has 0 spiro atoms. The maximum atomic E-state index is 13.1. The summed E-state index contributed by atoms with van der Waals surface area (Å²) < 4.78 is 31.5. The van der Waals surface area contributed by atoms with Crippen LogP contribution in [-0.4, -0.2) is 55.6 Å². The van der Waals surface area contributed by atoms with Crippen molar-refractivity contribution in [3.05, 3.63) is 0 Å². The van der Waals surface area contributed by atoms with Crippen LogP contribution in [0, 0.1) is 0 Å². The van der Waals surface area contributed by atoms with Crippen LogP contribution in [-0.2, 0) is 9.53 Å². The maximum absolute atomic E-state index is 13.1. The first-order valence-electron chi connectivity index (χ1n) is 5.57. The van der Waals surface area contributed by atoms with E-state index in [9.17, 15) is 13.6 Å². The Hall–Kier alpha value is -0.750. The van der Waals surface area contributed by atoms with Crippen LogP contribution in [0.5, 0.6) is 0 Å². The summed E-state index contributed by atoms with van der Waals surface area (Å²) in [6.07, 6.45) is -0.359. The summed E-state index contributed by atoms with van der Waals surface area (Å²) in [7, 11) is 0. The molecular weight excluding hydrogens is 218 g/mol. The number of hydrogen-bond donors (Lipinski definition) is 1. The molecule has 0 aromatic carbocycles. The van der Waals surface area contributed by atoms with Crippen LogP contribution in [0.1, 0.15) is 12.8 Å². The molecule has 1 unspecified atom stereocenters. The second-order valence-electron chi connectivity index (χ2n) is 4.28. The van der Waals surface area contributed by atoms with Crippen molar-refractivity contribution in [3.8, 4) is 0 Å². The van der Waals surface area contributed by atoms with E-state index in [0.29, 0.717) is 32.7 Å². The van der Waals surface area contributed by atoms with Crippen molar-refractivity contribution >= 4 is 5.91 Å². The van der Waals surface area contributed by atoms with Crippen molar-refractivity contribution in [2.45, 2.75) is 24.9 Å². The van der Waals surface area contributed by atoms with Crippen molar-refractivity contribution in [1.82, 2.24) is 10.2 Å². The van der Waals surface area contributed by atoms with Crippen LogP contribution < -0.4 is 5.32 Å². The number of carbonyl (C=O) groups excluding carboxylic acids is 1. The van der Waals surface area contributed by atoms with E-state index in [-0.39, 0.29) is 12.3 Å². The molecule has 1 N–H and O–H groups in total. The molecule has 2 saturated heterocycles. The lowest BCUT2D eigenvalue weighted by Gasteiger charge is -2.35. The minimum Gasteiger partial charge on any atom is -0.366 e. The van der Waals surface area contributed by atoms with Crippen molar-refractivity contribution in [2.24, 2.45) is 0 Å². The first-order valence-corrected chi connectivity index (χ1v) is 5.57. The predicted molar refractivity (Wildman–Crippen MR) is 53.4 cm³/mol. The number of halogens is 2. The molecule has 4 nitrogen and oxygen atoms in total. The lowest BCUT2D eigenvalue weighted by molar-refractivity contribution is -0.154. The summed E-state index contributed by atoms with van der Waals surface area (Å²) in [4.78, 5) is 13.1. The number of alkyl halides is 2. The van der Waals surface area contributed by atoms with Crippen molar-refractivity contribution in [2.75, 3.05) is 32.8 Å². The monoisotopic (exact) mass is 234 g/mol. The Morgan fingerprint density at radius 3 is 2.94 bits per heavy atom. The first-order chi connectivity index (χ1) is 7.58. The molecule has 2 heterocycles. The van der Waals surface area contributed by atoms with Gasteiger partial charge < -0.3 is 15.0 Å². The number of nitrogens with one attached hydrogen (secondary N) is 1.